The fourth-order valence-electron chi connectivity index (χ4n) is 5.19. The molecule has 4 aromatic rings. The molecule has 1 amide bonds. The number of amides is 1. The molecule has 0 spiro atoms. The molecular weight excluding hydrogens is 525 g/mol. The number of aromatic nitrogens is 2. The van der Waals surface area contributed by atoms with Crippen molar-refractivity contribution in [2.45, 2.75) is 46.1 Å². The zero-order chi connectivity index (χ0) is 28.3. The molecule has 0 bridgehead atoms. The molecule has 208 valence electrons. The maximum absolute atomic E-state index is 13.2. The van der Waals surface area contributed by atoms with Gasteiger partial charge in [0.15, 0.2) is 0 Å². The highest BCUT2D eigenvalue weighted by Crippen LogP contribution is 2.36. The van der Waals surface area contributed by atoms with Crippen LogP contribution in [0.2, 0.25) is 0 Å². The van der Waals surface area contributed by atoms with E-state index in [0.717, 1.165) is 52.1 Å². The van der Waals surface area contributed by atoms with Crippen LogP contribution in [0, 0.1) is 13.8 Å². The molecule has 3 aromatic carbocycles. The molecule has 0 unspecified atom stereocenters. The molecule has 0 saturated heterocycles. The van der Waals surface area contributed by atoms with Crippen LogP contribution in [-0.2, 0) is 22.3 Å². The van der Waals surface area contributed by atoms with Crippen LogP contribution in [0.15, 0.2) is 73.1 Å². The number of hydrogen-bond acceptors (Lipinski definition) is 4. The van der Waals surface area contributed by atoms with Crippen molar-refractivity contribution in [1.82, 2.24) is 9.78 Å². The summed E-state index contributed by atoms with van der Waals surface area (Å²) >= 11 is 0. The van der Waals surface area contributed by atoms with Crippen LogP contribution in [0.3, 0.4) is 0 Å². The lowest BCUT2D eigenvalue weighted by molar-refractivity contribution is -0.118. The van der Waals surface area contributed by atoms with Crippen molar-refractivity contribution < 1.29 is 23.9 Å². The molecule has 9 heteroatoms. The standard InChI is InChI=1S/C31H34N3O5P/c1-22-8-3-14-30(23(22)2)39-17-7-15-31(35)34-16-6-12-28-27(11-5-13-29(28)34)25-19-32-33(21-25)20-24-9-4-10-26(18-24)40(36,37)38/h3-5,8-11,13-14,18-19,21H,6-7,12,15-17,20H2,1-2H3,(H2,36,37,38). The third-order valence-corrected chi connectivity index (χ3v) is 8.39. The first-order valence-corrected chi connectivity index (χ1v) is 15.1. The van der Waals surface area contributed by atoms with Crippen LogP contribution >= 0.6 is 7.60 Å². The summed E-state index contributed by atoms with van der Waals surface area (Å²) < 4.78 is 19.3. The maximum atomic E-state index is 13.2. The zero-order valence-corrected chi connectivity index (χ0v) is 23.7. The first-order chi connectivity index (χ1) is 19.2. The number of nitrogens with zero attached hydrogens (tertiary/aromatic N) is 3. The fourth-order valence-corrected chi connectivity index (χ4v) is 5.80. The number of carbonyl (C=O) groups is 1. The van der Waals surface area contributed by atoms with Crippen LogP contribution in [0.25, 0.3) is 11.1 Å². The normalized spacial score (nSPS) is 13.2. The van der Waals surface area contributed by atoms with Gasteiger partial charge < -0.3 is 19.4 Å². The van der Waals surface area contributed by atoms with Gasteiger partial charge >= 0.3 is 7.60 Å². The number of fused-ring (bicyclic) bond motifs is 1. The van der Waals surface area contributed by atoms with Gasteiger partial charge in [0.05, 0.1) is 24.7 Å². The Balaban J connectivity index is 1.26. The molecular formula is C31H34N3O5P. The highest BCUT2D eigenvalue weighted by molar-refractivity contribution is 7.60. The number of anilines is 1. The Hall–Kier alpha value is -3.71. The van der Waals surface area contributed by atoms with Crippen LogP contribution in [-0.4, -0.2) is 38.6 Å². The van der Waals surface area contributed by atoms with Gasteiger partial charge in [-0.2, -0.15) is 5.10 Å². The van der Waals surface area contributed by atoms with E-state index in [1.165, 1.54) is 17.7 Å². The van der Waals surface area contributed by atoms with Crippen LogP contribution in [0.5, 0.6) is 5.75 Å². The lowest BCUT2D eigenvalue weighted by Crippen LogP contribution is -2.35. The van der Waals surface area contributed by atoms with Gasteiger partial charge in [0, 0.05) is 30.4 Å². The van der Waals surface area contributed by atoms with Gasteiger partial charge in [-0.25, -0.2) is 0 Å². The number of carbonyl (C=O) groups excluding carboxylic acids is 1. The van der Waals surface area contributed by atoms with Crippen LogP contribution in [0.4, 0.5) is 5.69 Å². The molecule has 8 nitrogen and oxygen atoms in total. The molecule has 1 aromatic heterocycles. The number of ether oxygens (including phenoxy) is 1. The molecule has 5 rings (SSSR count). The molecule has 40 heavy (non-hydrogen) atoms. The lowest BCUT2D eigenvalue weighted by Gasteiger charge is -2.31. The van der Waals surface area contributed by atoms with Crippen molar-refractivity contribution in [3.63, 3.8) is 0 Å². The van der Waals surface area contributed by atoms with Gasteiger partial charge in [0.25, 0.3) is 0 Å². The summed E-state index contributed by atoms with van der Waals surface area (Å²) in [5, 5.41) is 4.49. The van der Waals surface area contributed by atoms with E-state index in [2.05, 4.69) is 24.2 Å². The summed E-state index contributed by atoms with van der Waals surface area (Å²) in [6, 6.07) is 18.5. The van der Waals surface area contributed by atoms with E-state index >= 15 is 0 Å². The topological polar surface area (TPSA) is 105 Å². The molecule has 0 atom stereocenters. The molecule has 1 aliphatic rings. The van der Waals surface area contributed by atoms with Crippen molar-refractivity contribution >= 4 is 24.5 Å². The summed E-state index contributed by atoms with van der Waals surface area (Å²) in [6.45, 7) is 5.69. The second kappa shape index (κ2) is 11.8. The maximum Gasteiger partial charge on any atom is 0.356 e. The zero-order valence-electron chi connectivity index (χ0n) is 22.8. The molecule has 0 saturated carbocycles. The summed E-state index contributed by atoms with van der Waals surface area (Å²) in [7, 11) is -4.32. The minimum atomic E-state index is -4.32. The third-order valence-electron chi connectivity index (χ3n) is 7.43. The largest absolute Gasteiger partial charge is 0.493 e. The Kier molecular flexibility index (Phi) is 8.22. The van der Waals surface area contributed by atoms with E-state index in [1.807, 2.05) is 48.4 Å². The number of aryl methyl sites for hydroxylation is 1. The van der Waals surface area contributed by atoms with E-state index < -0.39 is 7.60 Å². The second-order valence-electron chi connectivity index (χ2n) is 10.2. The van der Waals surface area contributed by atoms with Crippen LogP contribution in [0.1, 0.15) is 41.5 Å². The van der Waals surface area contributed by atoms with Crippen molar-refractivity contribution in [3.8, 4) is 16.9 Å². The molecule has 0 fully saturated rings. The van der Waals surface area contributed by atoms with E-state index in [4.69, 9.17) is 4.74 Å². The van der Waals surface area contributed by atoms with Gasteiger partial charge in [-0.3, -0.25) is 14.0 Å². The fraction of sp³-hybridized carbons (Fsp3) is 0.290. The SMILES string of the molecule is Cc1cccc(OCCCC(=O)N2CCCc3c(-c4cnn(Cc5cccc(P(=O)(O)O)c5)c4)cccc32)c1C. The van der Waals surface area contributed by atoms with Crippen LogP contribution < -0.4 is 14.9 Å². The summed E-state index contributed by atoms with van der Waals surface area (Å²) in [5.74, 6) is 0.971. The Morgan fingerprint density at radius 1 is 1.07 bits per heavy atom. The number of hydrogen-bond donors (Lipinski definition) is 2. The van der Waals surface area contributed by atoms with Crippen molar-refractivity contribution in [3.05, 3.63) is 95.3 Å². The van der Waals surface area contributed by atoms with E-state index in [-0.39, 0.29) is 11.2 Å². The average Bonchev–Trinajstić information content (AvgIpc) is 3.40. The van der Waals surface area contributed by atoms with Gasteiger partial charge in [0.1, 0.15) is 5.75 Å². The molecule has 2 N–H and O–H groups in total. The third kappa shape index (κ3) is 6.20. The van der Waals surface area contributed by atoms with E-state index in [0.29, 0.717) is 32.5 Å². The summed E-state index contributed by atoms with van der Waals surface area (Å²) in [4.78, 5) is 34.1. The van der Waals surface area contributed by atoms with E-state index in [1.54, 1.807) is 16.9 Å². The molecule has 1 aliphatic heterocycles. The average molecular weight is 560 g/mol. The number of benzene rings is 3. The summed E-state index contributed by atoms with van der Waals surface area (Å²) in [5.41, 5.74) is 7.15. The first kappa shape index (κ1) is 27.8. The Labute approximate surface area is 234 Å². The minimum Gasteiger partial charge on any atom is -0.493 e. The van der Waals surface area contributed by atoms with Gasteiger partial charge in [-0.15, -0.1) is 0 Å². The minimum absolute atomic E-state index is 0.00361. The predicted octanol–water partition coefficient (Wildman–Crippen LogP) is 5.16. The quantitative estimate of drug-likeness (QED) is 0.217. The second-order valence-corrected chi connectivity index (χ2v) is 11.8. The monoisotopic (exact) mass is 559 g/mol. The number of rotatable bonds is 9. The summed E-state index contributed by atoms with van der Waals surface area (Å²) in [6.07, 6.45) is 6.56. The Bertz CT molecular complexity index is 1570. The Morgan fingerprint density at radius 2 is 1.88 bits per heavy atom. The molecule has 0 radical (unpaired) electrons. The smallest absolute Gasteiger partial charge is 0.356 e. The van der Waals surface area contributed by atoms with Crippen molar-refractivity contribution in [2.24, 2.45) is 0 Å². The lowest BCUT2D eigenvalue weighted by atomic mass is 9.93. The van der Waals surface area contributed by atoms with Gasteiger partial charge in [0.2, 0.25) is 5.91 Å². The highest BCUT2D eigenvalue weighted by atomic mass is 31.2. The van der Waals surface area contributed by atoms with Gasteiger partial charge in [-0.05, 0) is 85.2 Å². The molecule has 2 heterocycles. The predicted molar refractivity (Wildman–Crippen MR) is 156 cm³/mol. The molecule has 0 aliphatic carbocycles. The Morgan fingerprint density at radius 3 is 2.70 bits per heavy atom. The highest BCUT2D eigenvalue weighted by Gasteiger charge is 2.25. The van der Waals surface area contributed by atoms with Crippen molar-refractivity contribution in [2.75, 3.05) is 18.1 Å². The first-order valence-electron chi connectivity index (χ1n) is 13.5. The van der Waals surface area contributed by atoms with Gasteiger partial charge in [-0.1, -0.05) is 36.4 Å². The van der Waals surface area contributed by atoms with E-state index in [9.17, 15) is 19.1 Å². The van der Waals surface area contributed by atoms with Crippen molar-refractivity contribution in [1.29, 1.82) is 0 Å².